The van der Waals surface area contributed by atoms with Crippen molar-refractivity contribution >= 4 is 17.5 Å². The number of anilines is 2. The van der Waals surface area contributed by atoms with E-state index in [2.05, 4.69) is 42.9 Å². The van der Waals surface area contributed by atoms with E-state index in [0.717, 1.165) is 11.1 Å². The number of nitrogens with one attached hydrogen (secondary N) is 1. The summed E-state index contributed by atoms with van der Waals surface area (Å²) in [5.41, 5.74) is 2.98. The van der Waals surface area contributed by atoms with Crippen molar-refractivity contribution in [3.63, 3.8) is 0 Å². The molecule has 0 spiro atoms. The van der Waals surface area contributed by atoms with Gasteiger partial charge in [-0.1, -0.05) is 6.07 Å². The third-order valence-corrected chi connectivity index (χ3v) is 6.30. The van der Waals surface area contributed by atoms with Crippen LogP contribution in [0.5, 0.6) is 11.5 Å². The summed E-state index contributed by atoms with van der Waals surface area (Å²) in [5.74, 6) is 0.972. The number of hydrogen-bond acceptors (Lipinski definition) is 11. The van der Waals surface area contributed by atoms with Gasteiger partial charge in [0.2, 0.25) is 5.95 Å². The van der Waals surface area contributed by atoms with Crippen LogP contribution in [0.4, 0.5) is 11.6 Å². The first kappa shape index (κ1) is 26.1. The molecule has 0 bridgehead atoms. The molecule has 13 nitrogen and oxygen atoms in total. The lowest BCUT2D eigenvalue weighted by Gasteiger charge is -2.35. The van der Waals surface area contributed by atoms with E-state index in [4.69, 9.17) is 14.7 Å². The molecular weight excluding hydrogens is 512 g/mol. The summed E-state index contributed by atoms with van der Waals surface area (Å²) in [4.78, 5) is 23.1. The minimum atomic E-state index is -0.286. The molecule has 4 aromatic rings. The third-order valence-electron chi connectivity index (χ3n) is 6.30. The third kappa shape index (κ3) is 5.63. The van der Waals surface area contributed by atoms with E-state index in [-0.39, 0.29) is 17.9 Å². The van der Waals surface area contributed by atoms with Crippen molar-refractivity contribution in [3.05, 3.63) is 66.2 Å². The van der Waals surface area contributed by atoms with Gasteiger partial charge in [0, 0.05) is 36.6 Å². The molecular formula is C27H24N10O3. The van der Waals surface area contributed by atoms with Gasteiger partial charge in [-0.05, 0) is 53.2 Å². The van der Waals surface area contributed by atoms with E-state index in [1.807, 2.05) is 6.92 Å². The maximum absolute atomic E-state index is 12.7. The molecule has 1 atom stereocenters. The second-order valence-corrected chi connectivity index (χ2v) is 9.15. The molecule has 2 aromatic heterocycles. The number of hydrogen-bond donors (Lipinski definition) is 1. The number of nitriles is 2. The van der Waals surface area contributed by atoms with Crippen LogP contribution in [0.1, 0.15) is 22.8 Å². The molecule has 40 heavy (non-hydrogen) atoms. The van der Waals surface area contributed by atoms with E-state index < -0.39 is 0 Å². The molecule has 200 valence electrons. The number of nitrogens with zero attached hydrogens (tertiary/aromatic N) is 9. The minimum absolute atomic E-state index is 0.109. The van der Waals surface area contributed by atoms with Crippen molar-refractivity contribution in [1.82, 2.24) is 35.1 Å². The number of ether oxygens (including phenoxy) is 2. The van der Waals surface area contributed by atoms with Crippen LogP contribution in [0.3, 0.4) is 0 Å². The van der Waals surface area contributed by atoms with Gasteiger partial charge in [-0.3, -0.25) is 4.79 Å². The predicted molar refractivity (Wildman–Crippen MR) is 141 cm³/mol. The Morgan fingerprint density at radius 2 is 1.93 bits per heavy atom. The van der Waals surface area contributed by atoms with Crippen LogP contribution in [-0.4, -0.2) is 67.3 Å². The Hall–Kier alpha value is -5.56. The monoisotopic (exact) mass is 536 g/mol. The predicted octanol–water partition coefficient (Wildman–Crippen LogP) is 2.82. The zero-order valence-corrected chi connectivity index (χ0v) is 21.7. The molecule has 2 aromatic carbocycles. The maximum atomic E-state index is 12.7. The summed E-state index contributed by atoms with van der Waals surface area (Å²) in [7, 11) is 1.52. The molecule has 3 heterocycles. The molecule has 0 aliphatic carbocycles. The summed E-state index contributed by atoms with van der Waals surface area (Å²) < 4.78 is 13.1. The highest BCUT2D eigenvalue weighted by Crippen LogP contribution is 2.31. The highest BCUT2D eigenvalue weighted by molar-refractivity contribution is 5.96. The fourth-order valence-electron chi connectivity index (χ4n) is 4.17. The van der Waals surface area contributed by atoms with Gasteiger partial charge in [0.1, 0.15) is 30.0 Å². The molecule has 1 N–H and O–H groups in total. The fourth-order valence-corrected chi connectivity index (χ4v) is 4.17. The van der Waals surface area contributed by atoms with Gasteiger partial charge in [-0.25, -0.2) is 14.6 Å². The largest absolute Gasteiger partial charge is 0.495 e. The Balaban J connectivity index is 1.28. The number of amides is 1. The van der Waals surface area contributed by atoms with Crippen LogP contribution in [0.25, 0.3) is 11.1 Å². The molecule has 1 aliphatic heterocycles. The molecule has 1 amide bonds. The Bertz CT molecular complexity index is 1590. The van der Waals surface area contributed by atoms with E-state index in [1.165, 1.54) is 13.4 Å². The molecule has 0 radical (unpaired) electrons. The first-order chi connectivity index (χ1) is 19.5. The van der Waals surface area contributed by atoms with Gasteiger partial charge in [-0.15, -0.1) is 5.10 Å². The summed E-state index contributed by atoms with van der Waals surface area (Å²) in [6.45, 7) is 3.16. The SMILES string of the molecule is COc1cc(C(=O)N2CC(C#N)C2)ccc1Nc1ncc(-c2ccc(C#N)c(OC(C)Cn3cnnn3)c2)cn1. The molecule has 1 unspecified atom stereocenters. The van der Waals surface area contributed by atoms with Crippen molar-refractivity contribution in [2.75, 3.05) is 25.5 Å². The summed E-state index contributed by atoms with van der Waals surface area (Å²) in [6, 6.07) is 14.7. The van der Waals surface area contributed by atoms with Crippen LogP contribution >= 0.6 is 0 Å². The average Bonchev–Trinajstić information content (AvgIpc) is 3.46. The number of methoxy groups -OCH3 is 1. The fraction of sp³-hybridized carbons (Fsp3) is 0.259. The van der Waals surface area contributed by atoms with Crippen molar-refractivity contribution in [1.29, 1.82) is 10.5 Å². The lowest BCUT2D eigenvalue weighted by molar-refractivity contribution is 0.0577. The summed E-state index contributed by atoms with van der Waals surface area (Å²) in [5, 5.41) is 32.7. The van der Waals surface area contributed by atoms with Gasteiger partial charge in [0.15, 0.2) is 0 Å². The minimum Gasteiger partial charge on any atom is -0.495 e. The summed E-state index contributed by atoms with van der Waals surface area (Å²) in [6.07, 6.45) is 4.53. The Labute approximate surface area is 229 Å². The first-order valence-corrected chi connectivity index (χ1v) is 12.4. The quantitative estimate of drug-likeness (QED) is 0.334. The standard InChI is InChI=1S/C27H24N10O3/c1-17(13-37-16-32-34-35-37)40-24-7-19(3-4-21(24)10-29)22-11-30-27(31-12-22)33-23-6-5-20(8-25(23)39-2)26(38)36-14-18(9-28)15-36/h3-8,11-12,16-18H,13-15H2,1-2H3,(H,30,31,33). The van der Waals surface area contributed by atoms with Crippen LogP contribution in [0.2, 0.25) is 0 Å². The number of carbonyl (C=O) groups is 1. The number of tetrazole rings is 1. The van der Waals surface area contributed by atoms with Crippen LogP contribution < -0.4 is 14.8 Å². The van der Waals surface area contributed by atoms with Crippen LogP contribution in [0.15, 0.2) is 55.1 Å². The van der Waals surface area contributed by atoms with E-state index in [1.54, 1.807) is 58.4 Å². The first-order valence-electron chi connectivity index (χ1n) is 12.4. The summed E-state index contributed by atoms with van der Waals surface area (Å²) >= 11 is 0. The lowest BCUT2D eigenvalue weighted by Crippen LogP contribution is -2.49. The maximum Gasteiger partial charge on any atom is 0.254 e. The molecule has 0 saturated carbocycles. The van der Waals surface area contributed by atoms with Crippen molar-refractivity contribution in [2.24, 2.45) is 5.92 Å². The number of likely N-dealkylation sites (tertiary alicyclic amines) is 1. The highest BCUT2D eigenvalue weighted by atomic mass is 16.5. The Morgan fingerprint density at radius 1 is 1.12 bits per heavy atom. The molecule has 13 heteroatoms. The number of benzene rings is 2. The van der Waals surface area contributed by atoms with E-state index in [0.29, 0.717) is 53.9 Å². The normalized spacial score (nSPS) is 13.4. The second kappa shape index (κ2) is 11.4. The zero-order valence-electron chi connectivity index (χ0n) is 21.7. The Kier molecular flexibility index (Phi) is 7.46. The topological polar surface area (TPSA) is 168 Å². The average molecular weight is 537 g/mol. The number of carbonyl (C=O) groups excluding carboxylic acids is 1. The van der Waals surface area contributed by atoms with Crippen LogP contribution in [0, 0.1) is 28.6 Å². The van der Waals surface area contributed by atoms with Gasteiger partial charge in [0.05, 0.1) is 36.9 Å². The molecule has 5 rings (SSSR count). The molecule has 1 saturated heterocycles. The smallest absolute Gasteiger partial charge is 0.254 e. The molecule has 1 aliphatic rings. The highest BCUT2D eigenvalue weighted by Gasteiger charge is 2.31. The van der Waals surface area contributed by atoms with E-state index >= 15 is 0 Å². The van der Waals surface area contributed by atoms with Gasteiger partial charge in [-0.2, -0.15) is 10.5 Å². The van der Waals surface area contributed by atoms with Crippen molar-refractivity contribution in [3.8, 4) is 34.8 Å². The van der Waals surface area contributed by atoms with Crippen molar-refractivity contribution < 1.29 is 14.3 Å². The Morgan fingerprint density at radius 3 is 2.60 bits per heavy atom. The lowest BCUT2D eigenvalue weighted by atomic mass is 10.0. The van der Waals surface area contributed by atoms with Gasteiger partial charge in [0.25, 0.3) is 5.91 Å². The van der Waals surface area contributed by atoms with Crippen LogP contribution in [-0.2, 0) is 6.54 Å². The number of rotatable bonds is 9. The number of aromatic nitrogens is 6. The van der Waals surface area contributed by atoms with Gasteiger partial charge >= 0.3 is 0 Å². The van der Waals surface area contributed by atoms with Gasteiger partial charge < -0.3 is 19.7 Å². The zero-order chi connectivity index (χ0) is 28.1. The molecule has 1 fully saturated rings. The van der Waals surface area contributed by atoms with Crippen molar-refractivity contribution in [2.45, 2.75) is 19.6 Å². The second-order valence-electron chi connectivity index (χ2n) is 9.15. The van der Waals surface area contributed by atoms with E-state index in [9.17, 15) is 10.1 Å².